The molecule has 5 rings (SSSR count). The molecule has 150 valence electrons. The zero-order valence-electron chi connectivity index (χ0n) is 15.6. The number of rotatable bonds is 4. The van der Waals surface area contributed by atoms with Crippen LogP contribution in [0.1, 0.15) is 24.3 Å². The number of aromatic nitrogens is 1. The molecular formula is C20H20F2N6O. The number of carbonyl (C=O) groups excluding carboxylic acids is 1. The van der Waals surface area contributed by atoms with Gasteiger partial charge in [-0.1, -0.05) is 6.07 Å². The summed E-state index contributed by atoms with van der Waals surface area (Å²) in [5, 5.41) is 6.12. The lowest BCUT2D eigenvalue weighted by atomic mass is 9.85. The molecule has 1 saturated heterocycles. The Morgan fingerprint density at radius 2 is 2.14 bits per heavy atom. The number of fused-ring (bicyclic) bond motifs is 1. The minimum absolute atomic E-state index is 0.0654. The Bertz CT molecular complexity index is 1020. The van der Waals surface area contributed by atoms with E-state index in [9.17, 15) is 13.6 Å². The van der Waals surface area contributed by atoms with Gasteiger partial charge in [0, 0.05) is 42.9 Å². The minimum Gasteiger partial charge on any atom is -0.400 e. The van der Waals surface area contributed by atoms with Crippen molar-refractivity contribution in [1.82, 2.24) is 15.6 Å². The second-order valence-electron chi connectivity index (χ2n) is 7.48. The molecule has 1 atom stereocenters. The lowest BCUT2D eigenvalue weighted by molar-refractivity contribution is -0.112. The molecule has 29 heavy (non-hydrogen) atoms. The largest absolute Gasteiger partial charge is 0.400 e. The van der Waals surface area contributed by atoms with Gasteiger partial charge in [-0.25, -0.2) is 13.8 Å². The maximum absolute atomic E-state index is 14.4. The van der Waals surface area contributed by atoms with Crippen LogP contribution in [0, 0.1) is 0 Å². The summed E-state index contributed by atoms with van der Waals surface area (Å²) in [7, 11) is 0. The summed E-state index contributed by atoms with van der Waals surface area (Å²) < 4.78 is 28.6. The fourth-order valence-electron chi connectivity index (χ4n) is 4.10. The number of anilines is 1. The summed E-state index contributed by atoms with van der Waals surface area (Å²) in [4.78, 5) is 23.9. The van der Waals surface area contributed by atoms with E-state index >= 15 is 0 Å². The van der Waals surface area contributed by atoms with Crippen molar-refractivity contribution in [2.45, 2.75) is 18.8 Å². The smallest absolute Gasteiger partial charge is 0.215 e. The molecule has 4 heterocycles. The Kier molecular flexibility index (Phi) is 4.20. The number of nitrogens with two attached hydrogens (primary N) is 1. The molecule has 3 aliphatic heterocycles. The van der Waals surface area contributed by atoms with Crippen LogP contribution in [0.3, 0.4) is 0 Å². The number of carbonyl (C=O) groups is 1. The van der Waals surface area contributed by atoms with E-state index in [0.29, 0.717) is 18.0 Å². The molecule has 0 spiro atoms. The van der Waals surface area contributed by atoms with Crippen molar-refractivity contribution in [1.29, 1.82) is 0 Å². The number of hydrogen-bond donors (Lipinski definition) is 3. The highest BCUT2D eigenvalue weighted by atomic mass is 19.1. The lowest BCUT2D eigenvalue weighted by Gasteiger charge is -2.28. The van der Waals surface area contributed by atoms with Gasteiger partial charge >= 0.3 is 0 Å². The quantitative estimate of drug-likeness (QED) is 0.712. The second-order valence-corrected chi connectivity index (χ2v) is 7.48. The SMILES string of the molecule is NC1=C(F)C(C(=O)C2=C3C(=NCC3c3ccc(N4CCNC4)nc3)N2)=C(F)CC1. The lowest BCUT2D eigenvalue weighted by Crippen LogP contribution is -2.41. The zero-order valence-corrected chi connectivity index (χ0v) is 15.6. The Hall–Kier alpha value is -3.07. The molecule has 1 aliphatic carbocycles. The van der Waals surface area contributed by atoms with Crippen molar-refractivity contribution in [3.05, 3.63) is 58.1 Å². The van der Waals surface area contributed by atoms with Gasteiger partial charge in [0.2, 0.25) is 5.78 Å². The first-order valence-electron chi connectivity index (χ1n) is 9.60. The van der Waals surface area contributed by atoms with E-state index in [0.717, 1.165) is 31.1 Å². The third-order valence-electron chi connectivity index (χ3n) is 5.75. The number of amidine groups is 1. The first-order valence-corrected chi connectivity index (χ1v) is 9.60. The molecule has 0 bridgehead atoms. The van der Waals surface area contributed by atoms with Crippen LogP contribution in [0.25, 0.3) is 0 Å². The molecule has 1 unspecified atom stereocenters. The second kappa shape index (κ2) is 6.77. The number of ketones is 1. The Labute approximate surface area is 166 Å². The third kappa shape index (κ3) is 2.84. The van der Waals surface area contributed by atoms with Crippen LogP contribution in [0.4, 0.5) is 14.6 Å². The highest BCUT2D eigenvalue weighted by Crippen LogP contribution is 2.40. The number of nitrogens with zero attached hydrogens (tertiary/aromatic N) is 3. The normalized spacial score (nSPS) is 23.9. The zero-order chi connectivity index (χ0) is 20.1. The van der Waals surface area contributed by atoms with Gasteiger partial charge in [0.15, 0.2) is 5.83 Å². The van der Waals surface area contributed by atoms with Crippen LogP contribution < -0.4 is 21.3 Å². The standard InChI is InChI=1S/C20H20F2N6O/c21-12-2-3-13(23)17(22)16(12)19(29)18-15-11(8-26-20(15)27-18)10-1-4-14(25-7-10)28-6-5-24-9-28/h1,4,7,11,24H,2-3,5-6,8-9,23H2,(H,26,27). The fraction of sp³-hybridized carbons (Fsp3) is 0.350. The number of halogens is 2. The molecule has 9 heteroatoms. The van der Waals surface area contributed by atoms with E-state index in [1.54, 1.807) is 6.20 Å². The summed E-state index contributed by atoms with van der Waals surface area (Å²) in [5.41, 5.74) is 6.72. The Morgan fingerprint density at radius 3 is 2.86 bits per heavy atom. The van der Waals surface area contributed by atoms with E-state index in [4.69, 9.17) is 5.73 Å². The molecule has 0 saturated carbocycles. The van der Waals surface area contributed by atoms with Crippen LogP contribution in [0.15, 0.2) is 57.5 Å². The predicted octanol–water partition coefficient (Wildman–Crippen LogP) is 1.53. The van der Waals surface area contributed by atoms with Gasteiger partial charge in [0.05, 0.1) is 24.5 Å². The average molecular weight is 398 g/mol. The van der Waals surface area contributed by atoms with Crippen LogP contribution in [-0.4, -0.2) is 42.9 Å². The van der Waals surface area contributed by atoms with Crippen molar-refractivity contribution >= 4 is 17.4 Å². The van der Waals surface area contributed by atoms with Gasteiger partial charge in [-0.3, -0.25) is 15.1 Å². The van der Waals surface area contributed by atoms with Crippen molar-refractivity contribution in [2.24, 2.45) is 10.7 Å². The molecule has 4 N–H and O–H groups in total. The van der Waals surface area contributed by atoms with Crippen LogP contribution in [0.5, 0.6) is 0 Å². The van der Waals surface area contributed by atoms with Gasteiger partial charge in [-0.2, -0.15) is 0 Å². The summed E-state index contributed by atoms with van der Waals surface area (Å²) in [6.07, 6.45) is 1.79. The van der Waals surface area contributed by atoms with Crippen molar-refractivity contribution in [3.63, 3.8) is 0 Å². The maximum Gasteiger partial charge on any atom is 0.215 e. The third-order valence-corrected chi connectivity index (χ3v) is 5.75. The van der Waals surface area contributed by atoms with Crippen LogP contribution in [0.2, 0.25) is 0 Å². The average Bonchev–Trinajstić information content (AvgIpc) is 3.34. The molecule has 1 aromatic rings. The van der Waals surface area contributed by atoms with Crippen molar-refractivity contribution < 1.29 is 13.6 Å². The molecule has 4 aliphatic rings. The van der Waals surface area contributed by atoms with Gasteiger partial charge < -0.3 is 16.0 Å². The van der Waals surface area contributed by atoms with Gasteiger partial charge in [0.25, 0.3) is 0 Å². The topological polar surface area (TPSA) is 95.6 Å². The first kappa shape index (κ1) is 18.0. The number of aliphatic imine (C=N–C) groups is 1. The molecule has 1 fully saturated rings. The van der Waals surface area contributed by atoms with Crippen molar-refractivity contribution in [2.75, 3.05) is 31.2 Å². The Balaban J connectivity index is 1.44. The monoisotopic (exact) mass is 398 g/mol. The first-order chi connectivity index (χ1) is 14.0. The fourth-order valence-corrected chi connectivity index (χ4v) is 4.10. The number of hydrogen-bond acceptors (Lipinski definition) is 7. The molecule has 0 amide bonds. The van der Waals surface area contributed by atoms with Gasteiger partial charge in [-0.15, -0.1) is 0 Å². The molecule has 7 nitrogen and oxygen atoms in total. The Morgan fingerprint density at radius 1 is 1.28 bits per heavy atom. The van der Waals surface area contributed by atoms with E-state index in [1.807, 2.05) is 12.1 Å². The van der Waals surface area contributed by atoms with E-state index in [-0.39, 0.29) is 30.2 Å². The van der Waals surface area contributed by atoms with Crippen LogP contribution >= 0.6 is 0 Å². The van der Waals surface area contributed by atoms with E-state index in [2.05, 4.69) is 25.5 Å². The van der Waals surface area contributed by atoms with Gasteiger partial charge in [-0.05, 0) is 18.1 Å². The molecule has 0 radical (unpaired) electrons. The summed E-state index contributed by atoms with van der Waals surface area (Å²) in [6.45, 7) is 3.05. The highest BCUT2D eigenvalue weighted by Gasteiger charge is 2.42. The summed E-state index contributed by atoms with van der Waals surface area (Å²) >= 11 is 0. The van der Waals surface area contributed by atoms with Crippen molar-refractivity contribution in [3.8, 4) is 0 Å². The summed E-state index contributed by atoms with van der Waals surface area (Å²) in [5.74, 6) is -1.12. The number of allylic oxidation sites excluding steroid dienone is 4. The number of pyridine rings is 1. The van der Waals surface area contributed by atoms with E-state index in [1.165, 1.54) is 0 Å². The van der Waals surface area contributed by atoms with Gasteiger partial charge in [0.1, 0.15) is 17.5 Å². The minimum atomic E-state index is -0.959. The highest BCUT2D eigenvalue weighted by molar-refractivity contribution is 6.24. The number of nitrogens with one attached hydrogen (secondary N) is 2. The number of Topliss-reactive ketones (excluding diaryl/α,β-unsaturated/α-hetero) is 1. The predicted molar refractivity (Wildman–Crippen MR) is 104 cm³/mol. The molecule has 1 aromatic heterocycles. The van der Waals surface area contributed by atoms with E-state index < -0.39 is 23.0 Å². The molecule has 0 aromatic carbocycles. The van der Waals surface area contributed by atoms with Crippen LogP contribution in [-0.2, 0) is 4.79 Å². The maximum atomic E-state index is 14.4. The summed E-state index contributed by atoms with van der Waals surface area (Å²) in [6, 6.07) is 3.91. The molecular weight excluding hydrogens is 378 g/mol.